The molecule has 1 saturated carbocycles. The number of ether oxygens (including phenoxy) is 3. The third-order valence-electron chi connectivity index (χ3n) is 4.77. The topological polar surface area (TPSA) is 114 Å². The van der Waals surface area contributed by atoms with Gasteiger partial charge in [-0.05, 0) is 23.3 Å². The fraction of sp³-hybridized carbons (Fsp3) is 0.857. The van der Waals surface area contributed by atoms with Gasteiger partial charge in [-0.2, -0.15) is 0 Å². The second-order valence-electron chi connectivity index (χ2n) is 6.41. The number of carbonyl (C=O) groups excluding carboxylic acids is 1. The minimum atomic E-state index is -0.497. The van der Waals surface area contributed by atoms with Crippen LogP contribution in [0.3, 0.4) is 0 Å². The lowest BCUT2D eigenvalue weighted by atomic mass is 10.1. The molecule has 0 spiro atoms. The molecule has 4 atom stereocenters. The molecule has 3 fully saturated rings. The molecule has 0 aromatic carbocycles. The van der Waals surface area contributed by atoms with Crippen LogP contribution in [-0.4, -0.2) is 69.5 Å². The Kier molecular flexibility index (Phi) is 4.70. The Hall–Kier alpha value is -1.23. The third-order valence-corrected chi connectivity index (χ3v) is 6.06. The normalized spacial score (nSPS) is 33.2. The van der Waals surface area contributed by atoms with Crippen LogP contribution in [0.4, 0.5) is 0 Å². The number of thioether (sulfide) groups is 1. The molecule has 4 rings (SSSR count). The van der Waals surface area contributed by atoms with Gasteiger partial charge in [0.05, 0.1) is 13.2 Å². The number of amides is 1. The largest absolute Gasteiger partial charge is 0.370 e. The summed E-state index contributed by atoms with van der Waals surface area (Å²) in [6.45, 7) is 0.723. The molecule has 1 aromatic heterocycles. The van der Waals surface area contributed by atoms with E-state index in [9.17, 15) is 4.79 Å². The van der Waals surface area contributed by atoms with Crippen molar-refractivity contribution < 1.29 is 19.0 Å². The second kappa shape index (κ2) is 6.95. The number of carbonyl (C=O) groups is 1. The summed E-state index contributed by atoms with van der Waals surface area (Å²) < 4.78 is 19.0. The first-order valence-electron chi connectivity index (χ1n) is 8.30. The molecule has 132 valence electrons. The molecule has 3 aliphatic rings. The number of primary amides is 1. The summed E-state index contributed by atoms with van der Waals surface area (Å²) in [7, 11) is 0. The van der Waals surface area contributed by atoms with Gasteiger partial charge in [-0.3, -0.25) is 4.79 Å². The van der Waals surface area contributed by atoms with E-state index in [-0.39, 0.29) is 31.0 Å². The zero-order valence-corrected chi connectivity index (χ0v) is 14.1. The summed E-state index contributed by atoms with van der Waals surface area (Å²) in [5.74, 6) is -0.497. The number of hydrogen-bond acceptors (Lipinski definition) is 8. The summed E-state index contributed by atoms with van der Waals surface area (Å²) in [6.07, 6.45) is 4.30. The Morgan fingerprint density at radius 1 is 1.29 bits per heavy atom. The highest BCUT2D eigenvalue weighted by Crippen LogP contribution is 2.39. The molecule has 0 bridgehead atoms. The summed E-state index contributed by atoms with van der Waals surface area (Å²) >= 11 is 1.74. The number of rotatable bonds is 6. The van der Waals surface area contributed by atoms with Crippen LogP contribution in [0.15, 0.2) is 5.16 Å². The molecule has 2 saturated heterocycles. The Bertz CT molecular complexity index is 593. The molecule has 1 aliphatic carbocycles. The molecule has 24 heavy (non-hydrogen) atoms. The van der Waals surface area contributed by atoms with Crippen LogP contribution in [0.25, 0.3) is 0 Å². The van der Waals surface area contributed by atoms with Crippen molar-refractivity contribution >= 4 is 17.7 Å². The van der Waals surface area contributed by atoms with Crippen LogP contribution < -0.4 is 5.73 Å². The van der Waals surface area contributed by atoms with Gasteiger partial charge in [-0.25, -0.2) is 4.68 Å². The number of aromatic nitrogens is 4. The number of fused-ring (bicyclic) bond motifs is 1. The molecule has 1 aromatic rings. The van der Waals surface area contributed by atoms with Crippen molar-refractivity contribution in [2.75, 3.05) is 19.8 Å². The maximum Gasteiger partial charge on any atom is 0.243 e. The van der Waals surface area contributed by atoms with E-state index in [0.717, 1.165) is 5.16 Å². The fourth-order valence-electron chi connectivity index (χ4n) is 3.61. The molecular formula is C14H21N5O4S. The van der Waals surface area contributed by atoms with Crippen LogP contribution >= 0.6 is 11.8 Å². The van der Waals surface area contributed by atoms with Gasteiger partial charge in [-0.15, -0.1) is 5.10 Å². The molecule has 10 heteroatoms. The van der Waals surface area contributed by atoms with Crippen molar-refractivity contribution in [2.45, 2.75) is 60.4 Å². The van der Waals surface area contributed by atoms with E-state index in [0.29, 0.717) is 18.5 Å². The zero-order chi connectivity index (χ0) is 16.5. The van der Waals surface area contributed by atoms with Gasteiger partial charge < -0.3 is 19.9 Å². The van der Waals surface area contributed by atoms with Gasteiger partial charge >= 0.3 is 0 Å². The standard InChI is InChI=1S/C14H21N5O4S/c15-11(20)7-21-10-6-23-12-9(5-22-13(10)12)19-14(16-17-18-19)24-8-3-1-2-4-8/h8-10,12-13H,1-7H2,(H2,15,20)/t9-,10+,12+,13+/m0/s1. The quantitative estimate of drug-likeness (QED) is 0.753. The molecule has 0 radical (unpaired) electrons. The number of nitrogens with two attached hydrogens (primary N) is 1. The third kappa shape index (κ3) is 3.15. The van der Waals surface area contributed by atoms with Crippen LogP contribution in [0.2, 0.25) is 0 Å². The van der Waals surface area contributed by atoms with Gasteiger partial charge in [0.25, 0.3) is 0 Å². The van der Waals surface area contributed by atoms with Gasteiger partial charge in [-0.1, -0.05) is 24.6 Å². The first kappa shape index (κ1) is 16.2. The Labute approximate surface area is 143 Å². The highest BCUT2D eigenvalue weighted by atomic mass is 32.2. The van der Waals surface area contributed by atoms with Crippen molar-refractivity contribution in [3.05, 3.63) is 0 Å². The van der Waals surface area contributed by atoms with E-state index in [1.165, 1.54) is 25.7 Å². The molecule has 3 heterocycles. The predicted octanol–water partition coefficient (Wildman–Crippen LogP) is -0.0830. The summed E-state index contributed by atoms with van der Waals surface area (Å²) in [4.78, 5) is 10.9. The lowest BCUT2D eigenvalue weighted by Gasteiger charge is -2.18. The van der Waals surface area contributed by atoms with E-state index in [4.69, 9.17) is 19.9 Å². The lowest BCUT2D eigenvalue weighted by molar-refractivity contribution is -0.126. The maximum absolute atomic E-state index is 10.9. The second-order valence-corrected chi connectivity index (χ2v) is 7.68. The number of tetrazole rings is 1. The molecular weight excluding hydrogens is 334 g/mol. The average molecular weight is 355 g/mol. The van der Waals surface area contributed by atoms with E-state index >= 15 is 0 Å². The fourth-order valence-corrected chi connectivity index (χ4v) is 4.84. The number of hydrogen-bond donors (Lipinski definition) is 1. The minimum Gasteiger partial charge on any atom is -0.370 e. The minimum absolute atomic E-state index is 0.0731. The van der Waals surface area contributed by atoms with Gasteiger partial charge in [0.15, 0.2) is 0 Å². The van der Waals surface area contributed by atoms with Crippen LogP contribution in [0.5, 0.6) is 0 Å². The van der Waals surface area contributed by atoms with Crippen LogP contribution in [0.1, 0.15) is 31.7 Å². The van der Waals surface area contributed by atoms with Crippen molar-refractivity contribution in [1.29, 1.82) is 0 Å². The van der Waals surface area contributed by atoms with Crippen LogP contribution in [-0.2, 0) is 19.0 Å². The monoisotopic (exact) mass is 355 g/mol. The molecule has 9 nitrogen and oxygen atoms in total. The average Bonchev–Trinajstić information content (AvgIpc) is 3.31. The van der Waals surface area contributed by atoms with Gasteiger partial charge in [0.1, 0.15) is 31.0 Å². The summed E-state index contributed by atoms with van der Waals surface area (Å²) in [5, 5.41) is 13.6. The van der Waals surface area contributed by atoms with E-state index in [1.54, 1.807) is 11.8 Å². The smallest absolute Gasteiger partial charge is 0.243 e. The number of nitrogens with zero attached hydrogens (tertiary/aromatic N) is 4. The summed E-state index contributed by atoms with van der Waals surface area (Å²) in [5.41, 5.74) is 5.13. The van der Waals surface area contributed by atoms with Crippen molar-refractivity contribution in [1.82, 2.24) is 20.2 Å². The first-order valence-corrected chi connectivity index (χ1v) is 9.18. The first-order chi connectivity index (χ1) is 11.7. The van der Waals surface area contributed by atoms with Gasteiger partial charge in [0, 0.05) is 5.25 Å². The Morgan fingerprint density at radius 3 is 2.88 bits per heavy atom. The van der Waals surface area contributed by atoms with Crippen molar-refractivity contribution in [2.24, 2.45) is 5.73 Å². The summed E-state index contributed by atoms with van der Waals surface area (Å²) in [6, 6.07) is -0.0731. The Balaban J connectivity index is 1.43. The molecule has 2 N–H and O–H groups in total. The maximum atomic E-state index is 10.9. The van der Waals surface area contributed by atoms with Crippen LogP contribution in [0, 0.1) is 0 Å². The SMILES string of the molecule is NC(=O)CO[C@@H]1CO[C@H]2[C@@H]1OC[C@@H]2n1nnnc1SC1CCCC1. The van der Waals surface area contributed by atoms with E-state index in [1.807, 2.05) is 4.68 Å². The zero-order valence-electron chi connectivity index (χ0n) is 13.2. The molecule has 2 aliphatic heterocycles. The Morgan fingerprint density at radius 2 is 2.08 bits per heavy atom. The van der Waals surface area contributed by atoms with Crippen molar-refractivity contribution in [3.8, 4) is 0 Å². The highest BCUT2D eigenvalue weighted by molar-refractivity contribution is 7.99. The van der Waals surface area contributed by atoms with E-state index < -0.39 is 5.91 Å². The van der Waals surface area contributed by atoms with Gasteiger partial charge in [0.2, 0.25) is 11.1 Å². The molecule has 1 amide bonds. The van der Waals surface area contributed by atoms with E-state index in [2.05, 4.69) is 15.5 Å². The predicted molar refractivity (Wildman–Crippen MR) is 83.4 cm³/mol. The highest BCUT2D eigenvalue weighted by Gasteiger charge is 2.50. The van der Waals surface area contributed by atoms with Crippen molar-refractivity contribution in [3.63, 3.8) is 0 Å². The lowest BCUT2D eigenvalue weighted by Crippen LogP contribution is -2.34. The molecule has 0 unspecified atom stereocenters.